The number of anilines is 1. The standard InChI is InChI=1S/C17H18N2O3/c1-4-7-12-10-13(11-14(21-2)16(12)22-3)17(20)19-15-8-5-6-9-18-15/h4-11H,1-3H3,(H,18,19,20)/b7-4+. The summed E-state index contributed by atoms with van der Waals surface area (Å²) in [7, 11) is 3.11. The Hall–Kier alpha value is -2.82. The van der Waals surface area contributed by atoms with E-state index in [9.17, 15) is 4.79 Å². The molecular formula is C17H18N2O3. The quantitative estimate of drug-likeness (QED) is 0.919. The normalized spacial score (nSPS) is 10.5. The number of benzene rings is 1. The van der Waals surface area contributed by atoms with Crippen molar-refractivity contribution in [3.63, 3.8) is 0 Å². The van der Waals surface area contributed by atoms with Gasteiger partial charge in [-0.15, -0.1) is 0 Å². The second-order valence-corrected chi connectivity index (χ2v) is 4.47. The molecule has 0 fully saturated rings. The minimum Gasteiger partial charge on any atom is -0.493 e. The maximum atomic E-state index is 12.4. The Bertz CT molecular complexity index is 682. The van der Waals surface area contributed by atoms with Crippen molar-refractivity contribution in [3.8, 4) is 11.5 Å². The molecule has 1 heterocycles. The molecule has 0 aliphatic heterocycles. The topological polar surface area (TPSA) is 60.5 Å². The highest BCUT2D eigenvalue weighted by Gasteiger charge is 2.15. The first-order chi connectivity index (χ1) is 10.7. The van der Waals surface area contributed by atoms with E-state index in [0.717, 1.165) is 5.56 Å². The number of rotatable bonds is 5. The largest absolute Gasteiger partial charge is 0.493 e. The van der Waals surface area contributed by atoms with E-state index in [0.29, 0.717) is 22.9 Å². The third-order valence-electron chi connectivity index (χ3n) is 3.02. The minimum absolute atomic E-state index is 0.259. The van der Waals surface area contributed by atoms with E-state index < -0.39 is 0 Å². The van der Waals surface area contributed by atoms with Crippen molar-refractivity contribution in [1.29, 1.82) is 0 Å². The molecule has 1 aromatic heterocycles. The summed E-state index contributed by atoms with van der Waals surface area (Å²) in [4.78, 5) is 16.4. The van der Waals surface area contributed by atoms with Crippen LogP contribution in [0, 0.1) is 0 Å². The average molecular weight is 298 g/mol. The SMILES string of the molecule is C/C=C/c1cc(C(=O)Nc2ccccn2)cc(OC)c1OC. The number of amides is 1. The smallest absolute Gasteiger partial charge is 0.256 e. The van der Waals surface area contributed by atoms with Crippen LogP contribution in [-0.4, -0.2) is 25.1 Å². The number of allylic oxidation sites excluding steroid dienone is 1. The molecule has 0 bridgehead atoms. The van der Waals surface area contributed by atoms with Crippen LogP contribution in [0.3, 0.4) is 0 Å². The van der Waals surface area contributed by atoms with Gasteiger partial charge < -0.3 is 14.8 Å². The second kappa shape index (κ2) is 7.26. The van der Waals surface area contributed by atoms with E-state index >= 15 is 0 Å². The van der Waals surface area contributed by atoms with Crippen LogP contribution in [0.5, 0.6) is 11.5 Å². The van der Waals surface area contributed by atoms with E-state index in [1.807, 2.05) is 25.1 Å². The summed E-state index contributed by atoms with van der Waals surface area (Å²) in [5.41, 5.74) is 1.24. The summed E-state index contributed by atoms with van der Waals surface area (Å²) < 4.78 is 10.7. The molecule has 114 valence electrons. The van der Waals surface area contributed by atoms with Crippen LogP contribution in [0.2, 0.25) is 0 Å². The third kappa shape index (κ3) is 3.44. The lowest BCUT2D eigenvalue weighted by atomic mass is 10.1. The summed E-state index contributed by atoms with van der Waals surface area (Å²) in [5, 5.41) is 2.75. The van der Waals surface area contributed by atoms with Crippen molar-refractivity contribution in [1.82, 2.24) is 4.98 Å². The van der Waals surface area contributed by atoms with Gasteiger partial charge in [-0.3, -0.25) is 4.79 Å². The second-order valence-electron chi connectivity index (χ2n) is 4.47. The van der Waals surface area contributed by atoms with E-state index in [1.54, 1.807) is 37.6 Å². The van der Waals surface area contributed by atoms with Gasteiger partial charge in [0.25, 0.3) is 5.91 Å². The number of ether oxygens (including phenoxy) is 2. The zero-order chi connectivity index (χ0) is 15.9. The van der Waals surface area contributed by atoms with Gasteiger partial charge in [0.1, 0.15) is 5.82 Å². The molecule has 5 nitrogen and oxygen atoms in total. The third-order valence-corrected chi connectivity index (χ3v) is 3.02. The lowest BCUT2D eigenvalue weighted by Gasteiger charge is -2.13. The molecule has 0 saturated heterocycles. The highest BCUT2D eigenvalue weighted by Crippen LogP contribution is 2.33. The Kier molecular flexibility index (Phi) is 5.14. The molecule has 1 N–H and O–H groups in total. The predicted molar refractivity (Wildman–Crippen MR) is 86.4 cm³/mol. The molecule has 1 amide bonds. The molecule has 0 radical (unpaired) electrons. The van der Waals surface area contributed by atoms with Crippen molar-refractivity contribution in [2.24, 2.45) is 0 Å². The van der Waals surface area contributed by atoms with Gasteiger partial charge in [0.05, 0.1) is 14.2 Å². The van der Waals surface area contributed by atoms with Crippen LogP contribution in [0.4, 0.5) is 5.82 Å². The van der Waals surface area contributed by atoms with Gasteiger partial charge in [-0.25, -0.2) is 4.98 Å². The number of aromatic nitrogens is 1. The van der Waals surface area contributed by atoms with Crippen LogP contribution in [0.15, 0.2) is 42.6 Å². The van der Waals surface area contributed by atoms with Crippen LogP contribution in [0.25, 0.3) is 6.08 Å². The molecule has 2 aromatic rings. The molecule has 0 saturated carbocycles. The van der Waals surface area contributed by atoms with E-state index in [2.05, 4.69) is 10.3 Å². The lowest BCUT2D eigenvalue weighted by Crippen LogP contribution is -2.13. The molecule has 0 spiro atoms. The Balaban J connectivity index is 2.38. The van der Waals surface area contributed by atoms with Crippen LogP contribution in [-0.2, 0) is 0 Å². The zero-order valence-corrected chi connectivity index (χ0v) is 12.8. The predicted octanol–water partition coefficient (Wildman–Crippen LogP) is 3.38. The fourth-order valence-corrected chi connectivity index (χ4v) is 2.05. The number of hydrogen-bond donors (Lipinski definition) is 1. The Morgan fingerprint density at radius 2 is 2.05 bits per heavy atom. The van der Waals surface area contributed by atoms with Crippen LogP contribution >= 0.6 is 0 Å². The van der Waals surface area contributed by atoms with Crippen molar-refractivity contribution < 1.29 is 14.3 Å². The molecule has 22 heavy (non-hydrogen) atoms. The number of nitrogens with one attached hydrogen (secondary N) is 1. The highest BCUT2D eigenvalue weighted by molar-refractivity contribution is 6.04. The number of nitrogens with zero attached hydrogens (tertiary/aromatic N) is 1. The summed E-state index contributed by atoms with van der Waals surface area (Å²) in [6.45, 7) is 1.90. The number of carbonyl (C=O) groups excluding carboxylic acids is 1. The summed E-state index contributed by atoms with van der Waals surface area (Å²) >= 11 is 0. The van der Waals surface area contributed by atoms with Crippen LogP contribution < -0.4 is 14.8 Å². The zero-order valence-electron chi connectivity index (χ0n) is 12.8. The Morgan fingerprint density at radius 1 is 1.23 bits per heavy atom. The van der Waals surface area contributed by atoms with Gasteiger partial charge in [-0.05, 0) is 31.2 Å². The molecule has 5 heteroatoms. The molecule has 0 aliphatic rings. The fourth-order valence-electron chi connectivity index (χ4n) is 2.05. The Morgan fingerprint density at radius 3 is 2.64 bits per heavy atom. The first-order valence-corrected chi connectivity index (χ1v) is 6.80. The molecule has 0 aliphatic carbocycles. The monoisotopic (exact) mass is 298 g/mol. The van der Waals surface area contributed by atoms with Gasteiger partial charge in [-0.2, -0.15) is 0 Å². The Labute approximate surface area is 129 Å². The van der Waals surface area contributed by atoms with Crippen molar-refractivity contribution in [2.75, 3.05) is 19.5 Å². The maximum Gasteiger partial charge on any atom is 0.256 e. The van der Waals surface area contributed by atoms with Gasteiger partial charge in [-0.1, -0.05) is 18.2 Å². The lowest BCUT2D eigenvalue weighted by molar-refractivity contribution is 0.102. The van der Waals surface area contributed by atoms with E-state index in [1.165, 1.54) is 7.11 Å². The summed E-state index contributed by atoms with van der Waals surface area (Å²) in [6.07, 6.45) is 5.35. The molecule has 2 rings (SSSR count). The molecule has 0 atom stereocenters. The molecule has 1 aromatic carbocycles. The average Bonchev–Trinajstić information content (AvgIpc) is 2.55. The highest BCUT2D eigenvalue weighted by atomic mass is 16.5. The van der Waals surface area contributed by atoms with Crippen molar-refractivity contribution in [3.05, 3.63) is 53.7 Å². The summed E-state index contributed by atoms with van der Waals surface area (Å²) in [6, 6.07) is 8.72. The molecular weight excluding hydrogens is 280 g/mol. The first kappa shape index (κ1) is 15.6. The van der Waals surface area contributed by atoms with Crippen LogP contribution in [0.1, 0.15) is 22.8 Å². The van der Waals surface area contributed by atoms with Crippen molar-refractivity contribution in [2.45, 2.75) is 6.92 Å². The van der Waals surface area contributed by atoms with Gasteiger partial charge in [0, 0.05) is 17.3 Å². The number of methoxy groups -OCH3 is 2. The van der Waals surface area contributed by atoms with Gasteiger partial charge in [0.2, 0.25) is 0 Å². The number of carbonyl (C=O) groups is 1. The fraction of sp³-hybridized carbons (Fsp3) is 0.176. The summed E-state index contributed by atoms with van der Waals surface area (Å²) in [5.74, 6) is 1.33. The minimum atomic E-state index is -0.259. The maximum absolute atomic E-state index is 12.4. The molecule has 0 unspecified atom stereocenters. The van der Waals surface area contributed by atoms with E-state index in [4.69, 9.17) is 9.47 Å². The number of hydrogen-bond acceptors (Lipinski definition) is 4. The van der Waals surface area contributed by atoms with Crippen molar-refractivity contribution >= 4 is 17.8 Å². The van der Waals surface area contributed by atoms with Gasteiger partial charge in [0.15, 0.2) is 11.5 Å². The van der Waals surface area contributed by atoms with E-state index in [-0.39, 0.29) is 5.91 Å². The first-order valence-electron chi connectivity index (χ1n) is 6.80. The number of pyridine rings is 1. The van der Waals surface area contributed by atoms with Gasteiger partial charge >= 0.3 is 0 Å².